The van der Waals surface area contributed by atoms with Crippen molar-refractivity contribution in [2.24, 2.45) is 10.8 Å². The number of fused-ring (bicyclic) bond motifs is 1. The van der Waals surface area contributed by atoms with E-state index in [2.05, 4.69) is 43.1 Å². The number of carbonyl (C=O) groups is 2. The quantitative estimate of drug-likeness (QED) is 0.774. The van der Waals surface area contributed by atoms with E-state index >= 15 is 0 Å². The molecule has 1 heterocycles. The molecule has 2 rings (SSSR count). The summed E-state index contributed by atoms with van der Waals surface area (Å²) in [5.74, 6) is -0.225. The van der Waals surface area contributed by atoms with Gasteiger partial charge in [-0.25, -0.2) is 10.2 Å². The number of hydrogen-bond donors (Lipinski definition) is 2. The van der Waals surface area contributed by atoms with Gasteiger partial charge in [0, 0.05) is 30.7 Å². The Morgan fingerprint density at radius 2 is 1.88 bits per heavy atom. The Balaban J connectivity index is 2.24. The molecular weight excluding hydrogens is 306 g/mol. The van der Waals surface area contributed by atoms with Crippen molar-refractivity contribution in [3.05, 3.63) is 29.8 Å². The highest BCUT2D eigenvalue weighted by Crippen LogP contribution is 2.28. The number of anilines is 1. The molecule has 0 bridgehead atoms. The fourth-order valence-electron chi connectivity index (χ4n) is 3.03. The zero-order valence-electron chi connectivity index (χ0n) is 14.6. The lowest BCUT2D eigenvalue weighted by Gasteiger charge is -2.32. The van der Waals surface area contributed by atoms with Crippen LogP contribution in [-0.4, -0.2) is 47.7 Å². The second-order valence-electron chi connectivity index (χ2n) is 6.34. The minimum Gasteiger partial charge on any atom is -0.350 e. The molecule has 130 valence electrons. The minimum atomic E-state index is -0.794. The Morgan fingerprint density at radius 3 is 2.46 bits per heavy atom. The van der Waals surface area contributed by atoms with Gasteiger partial charge in [0.15, 0.2) is 5.71 Å². The highest BCUT2D eigenvalue weighted by molar-refractivity contribution is 6.54. The van der Waals surface area contributed by atoms with Crippen LogP contribution in [0.3, 0.4) is 0 Å². The van der Waals surface area contributed by atoms with E-state index in [1.807, 2.05) is 24.3 Å². The molecule has 0 spiro atoms. The van der Waals surface area contributed by atoms with Crippen LogP contribution in [0.2, 0.25) is 0 Å². The van der Waals surface area contributed by atoms with Crippen molar-refractivity contribution >= 4 is 23.3 Å². The van der Waals surface area contributed by atoms with Crippen LogP contribution in [0.5, 0.6) is 0 Å². The van der Waals surface area contributed by atoms with Gasteiger partial charge < -0.3 is 10.6 Å². The summed E-state index contributed by atoms with van der Waals surface area (Å²) >= 11 is 0. The Bertz CT molecular complexity index is 646. The van der Waals surface area contributed by atoms with Crippen LogP contribution >= 0.6 is 0 Å². The fraction of sp³-hybridized carbons (Fsp3) is 0.471. The first kappa shape index (κ1) is 17.9. The molecule has 0 aliphatic carbocycles. The van der Waals surface area contributed by atoms with Gasteiger partial charge in [0.2, 0.25) is 0 Å². The van der Waals surface area contributed by atoms with Gasteiger partial charge in [-0.2, -0.15) is 5.10 Å². The van der Waals surface area contributed by atoms with Crippen LogP contribution in [0.4, 0.5) is 10.5 Å². The predicted molar refractivity (Wildman–Crippen MR) is 95.0 cm³/mol. The molecule has 1 aliphatic rings. The number of primary amides is 1. The van der Waals surface area contributed by atoms with Crippen LogP contribution < -0.4 is 16.1 Å². The van der Waals surface area contributed by atoms with E-state index in [4.69, 9.17) is 5.73 Å². The maximum Gasteiger partial charge on any atom is 0.332 e. The summed E-state index contributed by atoms with van der Waals surface area (Å²) in [6.07, 6.45) is 0. The highest BCUT2D eigenvalue weighted by Gasteiger charge is 2.34. The molecular formula is C17H25N5O2. The van der Waals surface area contributed by atoms with Gasteiger partial charge in [-0.15, -0.1) is 0 Å². The summed E-state index contributed by atoms with van der Waals surface area (Å²) < 4.78 is 0. The Kier molecular flexibility index (Phi) is 5.56. The molecule has 0 fully saturated rings. The summed E-state index contributed by atoms with van der Waals surface area (Å²) in [7, 11) is 0. The maximum absolute atomic E-state index is 12.7. The van der Waals surface area contributed by atoms with Crippen molar-refractivity contribution in [3.63, 3.8) is 0 Å². The third kappa shape index (κ3) is 3.73. The topological polar surface area (TPSA) is 91.0 Å². The molecule has 1 aromatic rings. The first-order valence-electron chi connectivity index (χ1n) is 8.13. The Morgan fingerprint density at radius 1 is 1.25 bits per heavy atom. The molecule has 3 amide bonds. The summed E-state index contributed by atoms with van der Waals surface area (Å²) in [5.41, 5.74) is 8.92. The molecule has 0 saturated heterocycles. The number of nitrogens with zero attached hydrogens (tertiary/aromatic N) is 3. The first-order chi connectivity index (χ1) is 11.3. The summed E-state index contributed by atoms with van der Waals surface area (Å²) in [6.45, 7) is 9.88. The van der Waals surface area contributed by atoms with Gasteiger partial charge in [-0.05, 0) is 33.8 Å². The largest absolute Gasteiger partial charge is 0.350 e. The molecule has 1 aliphatic heterocycles. The molecule has 0 unspecified atom stereocenters. The number of nitrogens with two attached hydrogens (primary N) is 1. The number of nitrogens with one attached hydrogen (secondary N) is 1. The van der Waals surface area contributed by atoms with Crippen LogP contribution in [0, 0.1) is 0 Å². The van der Waals surface area contributed by atoms with Gasteiger partial charge in [0.05, 0.1) is 5.69 Å². The summed E-state index contributed by atoms with van der Waals surface area (Å²) in [5, 5.41) is 3.88. The predicted octanol–water partition coefficient (Wildman–Crippen LogP) is 1.52. The third-order valence-corrected chi connectivity index (χ3v) is 4.08. The second kappa shape index (κ2) is 7.44. The number of hydrazone groups is 1. The maximum atomic E-state index is 12.7. The van der Waals surface area contributed by atoms with Crippen molar-refractivity contribution in [1.29, 1.82) is 0 Å². The number of carbonyl (C=O) groups excluding carboxylic acids is 2. The van der Waals surface area contributed by atoms with Gasteiger partial charge in [0.1, 0.15) is 0 Å². The molecule has 7 nitrogen and oxygen atoms in total. The van der Waals surface area contributed by atoms with E-state index in [-0.39, 0.29) is 11.6 Å². The summed E-state index contributed by atoms with van der Waals surface area (Å²) in [6, 6.07) is 7.41. The standard InChI is InChI=1S/C17H25N5O2/c1-11(2)21(12(3)4)9-10-22-14-8-6-5-7-13(14)15(16(22)23)19-20-17(18)24/h5-8,11-12H,9-10H2,1-4H3,(H3,18,20,24)/b19-15+. The molecule has 0 saturated carbocycles. The monoisotopic (exact) mass is 331 g/mol. The Hall–Kier alpha value is -2.41. The molecule has 1 aromatic carbocycles. The second-order valence-corrected chi connectivity index (χ2v) is 6.34. The van der Waals surface area contributed by atoms with Gasteiger partial charge in [0.25, 0.3) is 5.91 Å². The summed E-state index contributed by atoms with van der Waals surface area (Å²) in [4.78, 5) is 27.6. The van der Waals surface area contributed by atoms with E-state index in [0.29, 0.717) is 24.2 Å². The lowest BCUT2D eigenvalue weighted by atomic mass is 10.1. The molecule has 0 aromatic heterocycles. The van der Waals surface area contributed by atoms with Gasteiger partial charge in [-0.1, -0.05) is 18.2 Å². The van der Waals surface area contributed by atoms with E-state index < -0.39 is 6.03 Å². The van der Waals surface area contributed by atoms with E-state index in [0.717, 1.165) is 12.2 Å². The first-order valence-corrected chi connectivity index (χ1v) is 8.13. The highest BCUT2D eigenvalue weighted by atomic mass is 16.2. The van der Waals surface area contributed by atoms with E-state index in [1.54, 1.807) is 4.90 Å². The minimum absolute atomic E-state index is 0.213. The number of amides is 3. The third-order valence-electron chi connectivity index (χ3n) is 4.08. The lowest BCUT2D eigenvalue weighted by molar-refractivity contribution is -0.112. The number of benzene rings is 1. The van der Waals surface area contributed by atoms with Gasteiger partial charge >= 0.3 is 6.03 Å². The smallest absolute Gasteiger partial charge is 0.332 e. The molecule has 3 N–H and O–H groups in total. The fourth-order valence-corrected chi connectivity index (χ4v) is 3.03. The van der Waals surface area contributed by atoms with Crippen LogP contribution in [0.1, 0.15) is 33.3 Å². The van der Waals surface area contributed by atoms with Crippen molar-refractivity contribution in [2.75, 3.05) is 18.0 Å². The average Bonchev–Trinajstić information content (AvgIpc) is 2.77. The number of para-hydroxylation sites is 1. The average molecular weight is 331 g/mol. The van der Waals surface area contributed by atoms with Gasteiger partial charge in [-0.3, -0.25) is 9.69 Å². The zero-order valence-corrected chi connectivity index (χ0v) is 14.6. The van der Waals surface area contributed by atoms with E-state index in [9.17, 15) is 9.59 Å². The lowest BCUT2D eigenvalue weighted by Crippen LogP contribution is -2.44. The van der Waals surface area contributed by atoms with Crippen molar-refractivity contribution in [1.82, 2.24) is 10.3 Å². The molecule has 0 radical (unpaired) electrons. The van der Waals surface area contributed by atoms with Crippen molar-refractivity contribution in [3.8, 4) is 0 Å². The molecule has 7 heteroatoms. The van der Waals surface area contributed by atoms with Crippen molar-refractivity contribution < 1.29 is 9.59 Å². The molecule has 24 heavy (non-hydrogen) atoms. The Labute approximate surface area is 142 Å². The normalized spacial score (nSPS) is 15.7. The molecule has 0 atom stereocenters. The van der Waals surface area contributed by atoms with E-state index in [1.165, 1.54) is 0 Å². The van der Waals surface area contributed by atoms with Crippen molar-refractivity contribution in [2.45, 2.75) is 39.8 Å². The van der Waals surface area contributed by atoms with Crippen LogP contribution in [0.15, 0.2) is 29.4 Å². The number of rotatable bonds is 6. The zero-order chi connectivity index (χ0) is 17.9. The van der Waals surface area contributed by atoms with Crippen LogP contribution in [0.25, 0.3) is 0 Å². The van der Waals surface area contributed by atoms with Crippen LogP contribution in [-0.2, 0) is 4.79 Å². The SMILES string of the molecule is CC(C)N(CCN1C(=O)/C(=N/NC(N)=O)c2ccccc21)C(C)C. The number of hydrogen-bond acceptors (Lipinski definition) is 4. The number of urea groups is 1.